The van der Waals surface area contributed by atoms with Gasteiger partial charge in [-0.2, -0.15) is 0 Å². The molecule has 16 heavy (non-hydrogen) atoms. The minimum absolute atomic E-state index is 0.110. The summed E-state index contributed by atoms with van der Waals surface area (Å²) < 4.78 is 0. The topological polar surface area (TPSA) is 32.3 Å². The minimum Gasteiger partial charge on any atom is -0.393 e. The molecule has 1 aromatic rings. The van der Waals surface area contributed by atoms with Crippen LogP contribution in [0.25, 0.3) is 0 Å². The summed E-state index contributed by atoms with van der Waals surface area (Å²) in [5, 5.41) is 13.2. The standard InChI is InChI=1S/C14H21NO/c1-15-13(10-14(16)12-7-8-12)9-11-5-3-2-4-6-11/h2-6,12-16H,7-10H2,1H3. The molecule has 1 aliphatic carbocycles. The predicted molar refractivity (Wildman–Crippen MR) is 66.3 cm³/mol. The molecule has 0 bridgehead atoms. The molecule has 0 saturated heterocycles. The molecule has 0 radical (unpaired) electrons. The second-order valence-electron chi connectivity index (χ2n) is 4.82. The fraction of sp³-hybridized carbons (Fsp3) is 0.571. The van der Waals surface area contributed by atoms with Crippen LogP contribution in [0.1, 0.15) is 24.8 Å². The first kappa shape index (κ1) is 11.6. The van der Waals surface area contributed by atoms with Gasteiger partial charge in [0.25, 0.3) is 0 Å². The van der Waals surface area contributed by atoms with Gasteiger partial charge >= 0.3 is 0 Å². The van der Waals surface area contributed by atoms with Gasteiger partial charge in [-0.3, -0.25) is 0 Å². The number of aliphatic hydroxyl groups is 1. The first-order chi connectivity index (χ1) is 7.79. The first-order valence-corrected chi connectivity index (χ1v) is 6.19. The van der Waals surface area contributed by atoms with Gasteiger partial charge in [0.05, 0.1) is 6.10 Å². The Morgan fingerprint density at radius 3 is 2.56 bits per heavy atom. The second-order valence-corrected chi connectivity index (χ2v) is 4.82. The van der Waals surface area contributed by atoms with Crippen molar-refractivity contribution in [3.05, 3.63) is 35.9 Å². The maximum atomic E-state index is 9.93. The quantitative estimate of drug-likeness (QED) is 0.767. The zero-order chi connectivity index (χ0) is 11.4. The lowest BCUT2D eigenvalue weighted by Crippen LogP contribution is -2.32. The Balaban J connectivity index is 1.85. The second kappa shape index (κ2) is 5.46. The normalized spacial score (nSPS) is 19.4. The van der Waals surface area contributed by atoms with Gasteiger partial charge in [0.15, 0.2) is 0 Å². The van der Waals surface area contributed by atoms with Gasteiger partial charge in [0, 0.05) is 6.04 Å². The van der Waals surface area contributed by atoms with Crippen molar-refractivity contribution in [2.45, 2.75) is 37.8 Å². The number of nitrogens with one attached hydrogen (secondary N) is 1. The summed E-state index contributed by atoms with van der Waals surface area (Å²) >= 11 is 0. The van der Waals surface area contributed by atoms with Gasteiger partial charge < -0.3 is 10.4 Å². The summed E-state index contributed by atoms with van der Waals surface area (Å²) in [6.45, 7) is 0. The SMILES string of the molecule is CNC(Cc1ccccc1)CC(O)C1CC1. The van der Waals surface area contributed by atoms with Crippen molar-refractivity contribution in [3.63, 3.8) is 0 Å². The van der Waals surface area contributed by atoms with Crippen LogP contribution in [0.5, 0.6) is 0 Å². The summed E-state index contributed by atoms with van der Waals surface area (Å²) in [7, 11) is 1.98. The van der Waals surface area contributed by atoms with Crippen LogP contribution in [0.15, 0.2) is 30.3 Å². The largest absolute Gasteiger partial charge is 0.393 e. The number of rotatable bonds is 6. The number of aliphatic hydroxyl groups excluding tert-OH is 1. The minimum atomic E-state index is -0.110. The Morgan fingerprint density at radius 2 is 2.00 bits per heavy atom. The zero-order valence-corrected chi connectivity index (χ0v) is 9.89. The fourth-order valence-electron chi connectivity index (χ4n) is 2.17. The molecule has 88 valence electrons. The molecule has 0 amide bonds. The van der Waals surface area contributed by atoms with E-state index < -0.39 is 0 Å². The van der Waals surface area contributed by atoms with E-state index in [2.05, 4.69) is 29.6 Å². The lowest BCUT2D eigenvalue weighted by molar-refractivity contribution is 0.128. The molecule has 1 fully saturated rings. The lowest BCUT2D eigenvalue weighted by Gasteiger charge is -2.19. The number of hydrogen-bond acceptors (Lipinski definition) is 2. The predicted octanol–water partition coefficient (Wildman–Crippen LogP) is 1.98. The van der Waals surface area contributed by atoms with Crippen molar-refractivity contribution in [3.8, 4) is 0 Å². The van der Waals surface area contributed by atoms with Crippen molar-refractivity contribution in [2.24, 2.45) is 5.92 Å². The molecule has 2 rings (SSSR count). The van der Waals surface area contributed by atoms with Crippen molar-refractivity contribution < 1.29 is 5.11 Å². The van der Waals surface area contributed by atoms with Crippen LogP contribution in [-0.4, -0.2) is 24.3 Å². The number of benzene rings is 1. The maximum absolute atomic E-state index is 9.93. The Morgan fingerprint density at radius 1 is 1.31 bits per heavy atom. The van der Waals surface area contributed by atoms with Gasteiger partial charge in [-0.15, -0.1) is 0 Å². The third-order valence-electron chi connectivity index (χ3n) is 3.43. The molecular weight excluding hydrogens is 198 g/mol. The molecule has 0 heterocycles. The van der Waals surface area contributed by atoms with Crippen LogP contribution in [0.2, 0.25) is 0 Å². The van der Waals surface area contributed by atoms with Crippen LogP contribution in [-0.2, 0) is 6.42 Å². The van der Waals surface area contributed by atoms with E-state index in [1.54, 1.807) is 0 Å². The molecule has 1 aromatic carbocycles. The van der Waals surface area contributed by atoms with Crippen LogP contribution >= 0.6 is 0 Å². The van der Waals surface area contributed by atoms with E-state index in [0.717, 1.165) is 12.8 Å². The fourth-order valence-corrected chi connectivity index (χ4v) is 2.17. The molecule has 2 unspecified atom stereocenters. The van der Waals surface area contributed by atoms with E-state index in [0.29, 0.717) is 12.0 Å². The molecule has 2 nitrogen and oxygen atoms in total. The molecule has 1 aliphatic rings. The number of hydrogen-bond donors (Lipinski definition) is 2. The smallest absolute Gasteiger partial charge is 0.0583 e. The summed E-state index contributed by atoms with van der Waals surface area (Å²) in [6, 6.07) is 10.9. The van der Waals surface area contributed by atoms with E-state index >= 15 is 0 Å². The van der Waals surface area contributed by atoms with Gasteiger partial charge in [0.1, 0.15) is 0 Å². The average molecular weight is 219 g/mol. The number of likely N-dealkylation sites (N-methyl/N-ethyl adjacent to an activating group) is 1. The molecule has 0 spiro atoms. The van der Waals surface area contributed by atoms with Gasteiger partial charge in [-0.05, 0) is 44.2 Å². The third-order valence-corrected chi connectivity index (χ3v) is 3.43. The molecule has 1 saturated carbocycles. The van der Waals surface area contributed by atoms with Crippen molar-refractivity contribution in [1.82, 2.24) is 5.32 Å². The van der Waals surface area contributed by atoms with Crippen molar-refractivity contribution >= 4 is 0 Å². The summed E-state index contributed by atoms with van der Waals surface area (Å²) in [5.41, 5.74) is 1.34. The Labute approximate surface area is 97.7 Å². The highest BCUT2D eigenvalue weighted by Gasteiger charge is 2.30. The average Bonchev–Trinajstić information content (AvgIpc) is 3.13. The molecule has 2 N–H and O–H groups in total. The first-order valence-electron chi connectivity index (χ1n) is 6.19. The van der Waals surface area contributed by atoms with E-state index in [1.165, 1.54) is 18.4 Å². The molecule has 0 aliphatic heterocycles. The molecule has 0 aromatic heterocycles. The van der Waals surface area contributed by atoms with Crippen LogP contribution in [0, 0.1) is 5.92 Å². The van der Waals surface area contributed by atoms with E-state index in [1.807, 2.05) is 13.1 Å². The Kier molecular flexibility index (Phi) is 3.97. The highest BCUT2D eigenvalue weighted by Crippen LogP contribution is 2.34. The van der Waals surface area contributed by atoms with E-state index in [9.17, 15) is 5.11 Å². The summed E-state index contributed by atoms with van der Waals surface area (Å²) in [4.78, 5) is 0. The van der Waals surface area contributed by atoms with E-state index in [-0.39, 0.29) is 6.10 Å². The monoisotopic (exact) mass is 219 g/mol. The van der Waals surface area contributed by atoms with Crippen LogP contribution in [0.3, 0.4) is 0 Å². The highest BCUT2D eigenvalue weighted by molar-refractivity contribution is 5.15. The third kappa shape index (κ3) is 3.32. The molecule has 2 atom stereocenters. The zero-order valence-electron chi connectivity index (χ0n) is 9.89. The maximum Gasteiger partial charge on any atom is 0.0583 e. The Bertz CT molecular complexity index is 308. The van der Waals surface area contributed by atoms with Crippen LogP contribution < -0.4 is 5.32 Å². The highest BCUT2D eigenvalue weighted by atomic mass is 16.3. The molecule has 2 heteroatoms. The molecular formula is C14H21NO. The van der Waals surface area contributed by atoms with Crippen LogP contribution in [0.4, 0.5) is 0 Å². The van der Waals surface area contributed by atoms with Crippen molar-refractivity contribution in [1.29, 1.82) is 0 Å². The van der Waals surface area contributed by atoms with Gasteiger partial charge in [-0.25, -0.2) is 0 Å². The van der Waals surface area contributed by atoms with Crippen molar-refractivity contribution in [2.75, 3.05) is 7.05 Å². The van der Waals surface area contributed by atoms with Gasteiger partial charge in [-0.1, -0.05) is 30.3 Å². The van der Waals surface area contributed by atoms with Gasteiger partial charge in [0.2, 0.25) is 0 Å². The lowest BCUT2D eigenvalue weighted by atomic mass is 9.99. The summed E-state index contributed by atoms with van der Waals surface area (Å²) in [5.74, 6) is 0.576. The summed E-state index contributed by atoms with van der Waals surface area (Å²) in [6.07, 6.45) is 4.18. The van der Waals surface area contributed by atoms with E-state index in [4.69, 9.17) is 0 Å². The Hall–Kier alpha value is -0.860.